The fourth-order valence-corrected chi connectivity index (χ4v) is 2.97. The lowest BCUT2D eigenvalue weighted by molar-refractivity contribution is 0.0808. The Morgan fingerprint density at radius 3 is 2.28 bits per heavy atom. The van der Waals surface area contributed by atoms with Crippen LogP contribution in [0.1, 0.15) is 42.0 Å². The predicted octanol–water partition coefficient (Wildman–Crippen LogP) is 2.87. The molecular formula is C15H22O3. The Morgan fingerprint density at radius 2 is 1.78 bits per heavy atom. The first kappa shape index (κ1) is 13.2. The van der Waals surface area contributed by atoms with Gasteiger partial charge >= 0.3 is 0 Å². The largest absolute Gasteiger partial charge is 0.496 e. The first-order valence-corrected chi connectivity index (χ1v) is 6.32. The highest BCUT2D eigenvalue weighted by molar-refractivity contribution is 5.61. The second kappa shape index (κ2) is 4.16. The van der Waals surface area contributed by atoms with E-state index in [2.05, 4.69) is 0 Å². The van der Waals surface area contributed by atoms with Crippen LogP contribution >= 0.6 is 0 Å². The van der Waals surface area contributed by atoms with Crippen LogP contribution in [0.4, 0.5) is 0 Å². The van der Waals surface area contributed by atoms with E-state index in [1.165, 1.54) is 0 Å². The van der Waals surface area contributed by atoms with Gasteiger partial charge in [-0.2, -0.15) is 0 Å². The molecule has 0 unspecified atom stereocenters. The van der Waals surface area contributed by atoms with Crippen LogP contribution < -0.4 is 9.47 Å². The molecule has 0 aromatic heterocycles. The second-order valence-electron chi connectivity index (χ2n) is 5.59. The molecule has 0 aliphatic carbocycles. The predicted molar refractivity (Wildman–Crippen MR) is 71.7 cm³/mol. The van der Waals surface area contributed by atoms with Crippen LogP contribution in [0.25, 0.3) is 0 Å². The SMILES string of the molecule is COc1c(C)c(C)c2c(c1C)[C@H](CO)C(C)(C)O2. The van der Waals surface area contributed by atoms with E-state index in [0.717, 1.165) is 33.8 Å². The van der Waals surface area contributed by atoms with E-state index in [1.807, 2.05) is 34.6 Å². The van der Waals surface area contributed by atoms with E-state index in [0.29, 0.717) is 0 Å². The van der Waals surface area contributed by atoms with Crippen molar-refractivity contribution in [3.63, 3.8) is 0 Å². The van der Waals surface area contributed by atoms with E-state index < -0.39 is 0 Å². The van der Waals surface area contributed by atoms with Crippen molar-refractivity contribution < 1.29 is 14.6 Å². The molecule has 0 amide bonds. The van der Waals surface area contributed by atoms with Gasteiger partial charge in [-0.3, -0.25) is 0 Å². The first-order chi connectivity index (χ1) is 8.35. The minimum atomic E-state index is -0.370. The molecule has 0 saturated carbocycles. The zero-order valence-electron chi connectivity index (χ0n) is 12.0. The summed E-state index contributed by atoms with van der Waals surface area (Å²) in [6.07, 6.45) is 0. The van der Waals surface area contributed by atoms with Crippen LogP contribution in [-0.2, 0) is 0 Å². The molecule has 0 fully saturated rings. The standard InChI is InChI=1S/C15H22O3/c1-8-9(2)14-12(10(3)13(8)17-6)11(7-16)15(4,5)18-14/h11,16H,7H2,1-6H3/t11-/m0/s1. The number of benzene rings is 1. The summed E-state index contributed by atoms with van der Waals surface area (Å²) in [7, 11) is 1.69. The fraction of sp³-hybridized carbons (Fsp3) is 0.600. The topological polar surface area (TPSA) is 38.7 Å². The molecule has 1 heterocycles. The van der Waals surface area contributed by atoms with Gasteiger partial charge in [-0.05, 0) is 51.3 Å². The Hall–Kier alpha value is -1.22. The molecule has 0 spiro atoms. The van der Waals surface area contributed by atoms with Crippen LogP contribution in [0.5, 0.6) is 11.5 Å². The Balaban J connectivity index is 2.75. The van der Waals surface area contributed by atoms with E-state index in [4.69, 9.17) is 9.47 Å². The molecule has 100 valence electrons. The molecule has 1 aromatic carbocycles. The number of hydrogen-bond donors (Lipinski definition) is 1. The normalized spacial score (nSPS) is 20.5. The fourth-order valence-electron chi connectivity index (χ4n) is 2.97. The number of ether oxygens (including phenoxy) is 2. The molecule has 2 rings (SSSR count). The molecule has 1 aliphatic heterocycles. The summed E-state index contributed by atoms with van der Waals surface area (Å²) >= 11 is 0. The maximum absolute atomic E-state index is 9.68. The Labute approximate surface area is 109 Å². The molecule has 18 heavy (non-hydrogen) atoms. The van der Waals surface area contributed by atoms with E-state index in [-0.39, 0.29) is 18.1 Å². The van der Waals surface area contributed by atoms with Crippen LogP contribution in [-0.4, -0.2) is 24.4 Å². The average Bonchev–Trinajstić information content (AvgIpc) is 2.58. The third-order valence-corrected chi connectivity index (χ3v) is 4.17. The van der Waals surface area contributed by atoms with Crippen LogP contribution in [0.3, 0.4) is 0 Å². The van der Waals surface area contributed by atoms with Gasteiger partial charge in [0.1, 0.15) is 17.1 Å². The van der Waals surface area contributed by atoms with Gasteiger partial charge in [0.25, 0.3) is 0 Å². The number of rotatable bonds is 2. The zero-order chi connectivity index (χ0) is 13.7. The summed E-state index contributed by atoms with van der Waals surface area (Å²) in [5, 5.41) is 9.68. The van der Waals surface area contributed by atoms with Crippen LogP contribution in [0.2, 0.25) is 0 Å². The van der Waals surface area contributed by atoms with Gasteiger partial charge in [0.05, 0.1) is 19.6 Å². The van der Waals surface area contributed by atoms with Crippen molar-refractivity contribution in [3.8, 4) is 11.5 Å². The van der Waals surface area contributed by atoms with Gasteiger partial charge in [0, 0.05) is 5.56 Å². The summed E-state index contributed by atoms with van der Waals surface area (Å²) in [5.74, 6) is 1.83. The lowest BCUT2D eigenvalue weighted by atomic mass is 9.83. The van der Waals surface area contributed by atoms with Gasteiger partial charge in [-0.1, -0.05) is 0 Å². The van der Waals surface area contributed by atoms with E-state index in [9.17, 15) is 5.11 Å². The van der Waals surface area contributed by atoms with Gasteiger partial charge in [0.2, 0.25) is 0 Å². The smallest absolute Gasteiger partial charge is 0.127 e. The van der Waals surface area contributed by atoms with Crippen molar-refractivity contribution in [2.75, 3.05) is 13.7 Å². The summed E-state index contributed by atoms with van der Waals surface area (Å²) in [5.41, 5.74) is 4.04. The summed E-state index contributed by atoms with van der Waals surface area (Å²) < 4.78 is 11.6. The first-order valence-electron chi connectivity index (χ1n) is 6.32. The molecule has 1 N–H and O–H groups in total. The highest BCUT2D eigenvalue weighted by Gasteiger charge is 2.43. The third-order valence-electron chi connectivity index (χ3n) is 4.17. The molecule has 3 heteroatoms. The number of aliphatic hydroxyl groups is 1. The number of methoxy groups -OCH3 is 1. The average molecular weight is 250 g/mol. The number of hydrogen-bond acceptors (Lipinski definition) is 3. The molecule has 1 aliphatic rings. The van der Waals surface area contributed by atoms with Crippen molar-refractivity contribution >= 4 is 0 Å². The minimum Gasteiger partial charge on any atom is -0.496 e. The monoisotopic (exact) mass is 250 g/mol. The van der Waals surface area contributed by atoms with Crippen molar-refractivity contribution in [2.45, 2.75) is 46.1 Å². The molecule has 0 bridgehead atoms. The van der Waals surface area contributed by atoms with Gasteiger partial charge in [-0.15, -0.1) is 0 Å². The van der Waals surface area contributed by atoms with Crippen molar-refractivity contribution in [2.24, 2.45) is 0 Å². The molecular weight excluding hydrogens is 228 g/mol. The molecule has 0 radical (unpaired) electrons. The maximum atomic E-state index is 9.68. The Bertz CT molecular complexity index is 489. The summed E-state index contributed by atoms with van der Waals surface area (Å²) in [4.78, 5) is 0. The van der Waals surface area contributed by atoms with Crippen LogP contribution in [0, 0.1) is 20.8 Å². The second-order valence-corrected chi connectivity index (χ2v) is 5.59. The Kier molecular flexibility index (Phi) is 3.06. The van der Waals surface area contributed by atoms with Crippen molar-refractivity contribution in [1.29, 1.82) is 0 Å². The van der Waals surface area contributed by atoms with E-state index in [1.54, 1.807) is 7.11 Å². The molecule has 1 aromatic rings. The van der Waals surface area contributed by atoms with E-state index >= 15 is 0 Å². The van der Waals surface area contributed by atoms with Crippen LogP contribution in [0.15, 0.2) is 0 Å². The quantitative estimate of drug-likeness (QED) is 0.877. The summed E-state index contributed by atoms with van der Waals surface area (Å²) in [6.45, 7) is 10.3. The third kappa shape index (κ3) is 1.61. The molecule has 0 saturated heterocycles. The molecule has 3 nitrogen and oxygen atoms in total. The highest BCUT2D eigenvalue weighted by atomic mass is 16.5. The van der Waals surface area contributed by atoms with Gasteiger partial charge < -0.3 is 14.6 Å². The minimum absolute atomic E-state index is 0.000648. The van der Waals surface area contributed by atoms with Gasteiger partial charge in [0.15, 0.2) is 0 Å². The highest BCUT2D eigenvalue weighted by Crippen LogP contribution is 2.51. The number of aliphatic hydroxyl groups excluding tert-OH is 1. The number of fused-ring (bicyclic) bond motifs is 1. The van der Waals surface area contributed by atoms with Crippen molar-refractivity contribution in [1.82, 2.24) is 0 Å². The maximum Gasteiger partial charge on any atom is 0.127 e. The summed E-state index contributed by atoms with van der Waals surface area (Å²) in [6, 6.07) is 0. The van der Waals surface area contributed by atoms with Crippen molar-refractivity contribution in [3.05, 3.63) is 22.3 Å². The molecule has 1 atom stereocenters. The van der Waals surface area contributed by atoms with Gasteiger partial charge in [-0.25, -0.2) is 0 Å². The lowest BCUT2D eigenvalue weighted by Crippen LogP contribution is -2.32. The Morgan fingerprint density at radius 1 is 1.17 bits per heavy atom. The zero-order valence-corrected chi connectivity index (χ0v) is 12.0. The lowest BCUT2D eigenvalue weighted by Gasteiger charge is -2.25.